The average molecular weight is 385 g/mol. The van der Waals surface area contributed by atoms with E-state index in [2.05, 4.69) is 17.0 Å². The lowest BCUT2D eigenvalue weighted by molar-refractivity contribution is 0.300. The molecule has 0 spiro atoms. The Hall–Kier alpha value is -3.16. The third-order valence-electron chi connectivity index (χ3n) is 4.71. The van der Waals surface area contributed by atoms with Gasteiger partial charge in [0.2, 0.25) is 0 Å². The smallest absolute Gasteiger partial charge is 0.168 e. The number of hydrogen-bond donors (Lipinski definition) is 1. The summed E-state index contributed by atoms with van der Waals surface area (Å²) in [4.78, 5) is 6.71. The zero-order chi connectivity index (χ0) is 19.8. The maximum atomic E-state index is 14.4. The summed E-state index contributed by atoms with van der Waals surface area (Å²) in [5, 5.41) is 7.47. The number of anilines is 1. The van der Waals surface area contributed by atoms with E-state index in [-0.39, 0.29) is 24.9 Å². The Morgan fingerprint density at radius 3 is 2.89 bits per heavy atom. The van der Waals surface area contributed by atoms with E-state index >= 15 is 0 Å². The van der Waals surface area contributed by atoms with Crippen LogP contribution in [0.25, 0.3) is 11.3 Å². The highest BCUT2D eigenvalue weighted by Crippen LogP contribution is 2.29. The predicted molar refractivity (Wildman–Crippen MR) is 103 cm³/mol. The van der Waals surface area contributed by atoms with Gasteiger partial charge in [0.1, 0.15) is 18.2 Å². The molecule has 8 heteroatoms. The van der Waals surface area contributed by atoms with Crippen LogP contribution in [0.4, 0.5) is 14.6 Å². The minimum Gasteiger partial charge on any atom is -0.488 e. The molecule has 0 saturated heterocycles. The van der Waals surface area contributed by atoms with Crippen molar-refractivity contribution in [3.8, 4) is 5.75 Å². The first-order chi connectivity index (χ1) is 13.4. The van der Waals surface area contributed by atoms with Gasteiger partial charge in [-0.05, 0) is 26.0 Å². The Balaban J connectivity index is 1.87. The van der Waals surface area contributed by atoms with E-state index in [1.54, 1.807) is 10.7 Å². The zero-order valence-corrected chi connectivity index (χ0v) is 15.7. The van der Waals surface area contributed by atoms with Crippen LogP contribution < -0.4 is 15.0 Å². The number of nitrogens with zero attached hydrogens (tertiary/aromatic N) is 4. The number of ether oxygens (including phenoxy) is 1. The predicted octanol–water partition coefficient (Wildman–Crippen LogP) is 3.38. The van der Waals surface area contributed by atoms with E-state index in [4.69, 9.17) is 9.72 Å². The van der Waals surface area contributed by atoms with Crippen molar-refractivity contribution in [1.82, 2.24) is 19.9 Å². The van der Waals surface area contributed by atoms with Crippen LogP contribution >= 0.6 is 0 Å². The highest BCUT2D eigenvalue weighted by Gasteiger charge is 2.21. The number of fused-ring (bicyclic) bond motifs is 2. The van der Waals surface area contributed by atoms with Gasteiger partial charge in [0.05, 0.1) is 11.8 Å². The number of nitrogens with one attached hydrogen (secondary N) is 1. The quantitative estimate of drug-likeness (QED) is 0.696. The molecule has 1 aliphatic rings. The van der Waals surface area contributed by atoms with Gasteiger partial charge in [0.15, 0.2) is 17.2 Å². The molecule has 28 heavy (non-hydrogen) atoms. The SMILES string of the molecule is C=C1NCCOc2c(F)cc(F)cc2CN(C(C)C)c2ccn3ncc1c3n2. The van der Waals surface area contributed by atoms with Crippen LogP contribution in [0.3, 0.4) is 0 Å². The summed E-state index contributed by atoms with van der Waals surface area (Å²) in [6, 6.07) is 4.01. The first-order valence-corrected chi connectivity index (χ1v) is 9.09. The van der Waals surface area contributed by atoms with Crippen LogP contribution in [-0.4, -0.2) is 33.8 Å². The van der Waals surface area contributed by atoms with Crippen molar-refractivity contribution < 1.29 is 13.5 Å². The second-order valence-electron chi connectivity index (χ2n) is 6.96. The largest absolute Gasteiger partial charge is 0.488 e. The van der Waals surface area contributed by atoms with Gasteiger partial charge in [0.25, 0.3) is 0 Å². The fourth-order valence-corrected chi connectivity index (χ4v) is 3.29. The average Bonchev–Trinajstić information content (AvgIpc) is 3.06. The van der Waals surface area contributed by atoms with Crippen LogP contribution in [0.1, 0.15) is 25.0 Å². The molecule has 0 fully saturated rings. The van der Waals surface area contributed by atoms with E-state index < -0.39 is 11.6 Å². The first-order valence-electron chi connectivity index (χ1n) is 9.09. The fourth-order valence-electron chi connectivity index (χ4n) is 3.29. The van der Waals surface area contributed by atoms with Gasteiger partial charge in [-0.15, -0.1) is 0 Å². The third kappa shape index (κ3) is 3.26. The molecule has 2 aromatic heterocycles. The van der Waals surface area contributed by atoms with Gasteiger partial charge in [-0.3, -0.25) is 0 Å². The molecule has 0 unspecified atom stereocenters. The second kappa shape index (κ2) is 7.10. The van der Waals surface area contributed by atoms with Gasteiger partial charge in [-0.1, -0.05) is 6.58 Å². The molecule has 3 aromatic rings. The molecule has 0 atom stereocenters. The van der Waals surface area contributed by atoms with Crippen molar-refractivity contribution >= 4 is 17.2 Å². The van der Waals surface area contributed by atoms with E-state index in [0.717, 1.165) is 11.6 Å². The van der Waals surface area contributed by atoms with Crippen LogP contribution in [-0.2, 0) is 6.54 Å². The Bertz CT molecular complexity index is 1050. The highest BCUT2D eigenvalue weighted by atomic mass is 19.1. The van der Waals surface area contributed by atoms with E-state index in [0.29, 0.717) is 29.3 Å². The first kappa shape index (κ1) is 18.2. The molecule has 146 valence electrons. The van der Waals surface area contributed by atoms with Crippen molar-refractivity contribution in [2.45, 2.75) is 26.4 Å². The molecule has 1 aliphatic heterocycles. The number of aromatic nitrogens is 3. The summed E-state index contributed by atoms with van der Waals surface area (Å²) in [7, 11) is 0. The summed E-state index contributed by atoms with van der Waals surface area (Å²) >= 11 is 0. The highest BCUT2D eigenvalue weighted by molar-refractivity contribution is 5.73. The van der Waals surface area contributed by atoms with Crippen molar-refractivity contribution in [2.75, 3.05) is 18.1 Å². The van der Waals surface area contributed by atoms with Crippen molar-refractivity contribution in [2.24, 2.45) is 0 Å². The van der Waals surface area contributed by atoms with Gasteiger partial charge >= 0.3 is 0 Å². The Morgan fingerprint density at radius 1 is 1.29 bits per heavy atom. The normalized spacial score (nSPS) is 14.9. The standard InChI is InChI=1S/C20H21F2N5O/c1-12(2)26-11-14-8-15(21)9-17(22)19(14)28-7-5-23-13(3)16-10-24-27-6-4-18(26)25-20(16)27/h4,6,8-10,12,23H,3,5,7,11H2,1-2H3. The van der Waals surface area contributed by atoms with Gasteiger partial charge in [-0.2, -0.15) is 5.10 Å². The van der Waals surface area contributed by atoms with Crippen LogP contribution in [0.15, 0.2) is 37.2 Å². The number of hydrogen-bond acceptors (Lipinski definition) is 5. The molecule has 3 heterocycles. The minimum atomic E-state index is -0.715. The number of benzene rings is 1. The molecule has 4 rings (SSSR count). The monoisotopic (exact) mass is 385 g/mol. The van der Waals surface area contributed by atoms with Gasteiger partial charge < -0.3 is 15.0 Å². The molecule has 6 nitrogen and oxygen atoms in total. The maximum absolute atomic E-state index is 14.4. The van der Waals surface area contributed by atoms with Crippen LogP contribution in [0.5, 0.6) is 5.75 Å². The summed E-state index contributed by atoms with van der Waals surface area (Å²) in [5.74, 6) is -0.622. The van der Waals surface area contributed by atoms with Crippen molar-refractivity contribution in [1.29, 1.82) is 0 Å². The summed E-state index contributed by atoms with van der Waals surface area (Å²) in [5.41, 5.74) is 2.52. The second-order valence-corrected chi connectivity index (χ2v) is 6.96. The maximum Gasteiger partial charge on any atom is 0.168 e. The Labute approximate surface area is 161 Å². The van der Waals surface area contributed by atoms with Crippen LogP contribution in [0.2, 0.25) is 0 Å². The molecule has 2 bridgehead atoms. The molecule has 1 aromatic carbocycles. The number of rotatable bonds is 1. The molecule has 0 saturated carbocycles. The van der Waals surface area contributed by atoms with E-state index in [1.165, 1.54) is 6.07 Å². The van der Waals surface area contributed by atoms with Crippen molar-refractivity contribution in [3.63, 3.8) is 0 Å². The summed E-state index contributed by atoms with van der Waals surface area (Å²) in [6.07, 6.45) is 3.51. The molecule has 1 N–H and O–H groups in total. The summed E-state index contributed by atoms with van der Waals surface area (Å²) < 4.78 is 35.7. The number of halogens is 2. The Morgan fingerprint density at radius 2 is 2.11 bits per heavy atom. The van der Waals surface area contributed by atoms with Crippen molar-refractivity contribution in [3.05, 3.63) is 59.9 Å². The van der Waals surface area contributed by atoms with Gasteiger partial charge in [0, 0.05) is 42.7 Å². The lowest BCUT2D eigenvalue weighted by Gasteiger charge is -2.29. The summed E-state index contributed by atoms with van der Waals surface area (Å²) in [6.45, 7) is 8.90. The molecule has 0 amide bonds. The lowest BCUT2D eigenvalue weighted by Crippen LogP contribution is -2.31. The molecule has 0 aliphatic carbocycles. The molecular weight excluding hydrogens is 364 g/mol. The van der Waals surface area contributed by atoms with Crippen LogP contribution in [0, 0.1) is 11.6 Å². The molecule has 0 radical (unpaired) electrons. The Kier molecular flexibility index (Phi) is 4.62. The van der Waals surface area contributed by atoms with E-state index in [1.807, 2.05) is 31.0 Å². The topological polar surface area (TPSA) is 54.7 Å². The van der Waals surface area contributed by atoms with E-state index in [9.17, 15) is 8.78 Å². The minimum absolute atomic E-state index is 0.0342. The fraction of sp³-hybridized carbons (Fsp3) is 0.300. The zero-order valence-electron chi connectivity index (χ0n) is 15.7. The van der Waals surface area contributed by atoms with Gasteiger partial charge in [-0.25, -0.2) is 18.3 Å². The third-order valence-corrected chi connectivity index (χ3v) is 4.71. The molecular formula is C20H21F2N5O. The lowest BCUT2D eigenvalue weighted by atomic mass is 10.1.